The van der Waals surface area contributed by atoms with Crippen molar-refractivity contribution >= 4 is 5.91 Å². The predicted octanol–water partition coefficient (Wildman–Crippen LogP) is 3.76. The van der Waals surface area contributed by atoms with Gasteiger partial charge in [0.2, 0.25) is 5.91 Å². The molecule has 0 aliphatic carbocycles. The summed E-state index contributed by atoms with van der Waals surface area (Å²) in [7, 11) is 0. The second kappa shape index (κ2) is 9.88. The van der Waals surface area contributed by atoms with E-state index in [-0.39, 0.29) is 5.91 Å². The van der Waals surface area contributed by atoms with Crippen LogP contribution in [-0.2, 0) is 4.79 Å². The molecule has 0 bridgehead atoms. The van der Waals surface area contributed by atoms with E-state index in [2.05, 4.69) is 43.5 Å². The summed E-state index contributed by atoms with van der Waals surface area (Å²) in [5.41, 5.74) is 2.49. The quantitative estimate of drug-likeness (QED) is 0.669. The van der Waals surface area contributed by atoms with Crippen molar-refractivity contribution in [2.24, 2.45) is 0 Å². The van der Waals surface area contributed by atoms with Crippen molar-refractivity contribution in [3.63, 3.8) is 0 Å². The maximum absolute atomic E-state index is 10.9. The summed E-state index contributed by atoms with van der Waals surface area (Å²) in [4.78, 5) is 10.9. The van der Waals surface area contributed by atoms with Gasteiger partial charge in [-0.2, -0.15) is 0 Å². The largest absolute Gasteiger partial charge is 0.352 e. The molecule has 0 heterocycles. The van der Waals surface area contributed by atoms with Crippen LogP contribution in [0, 0.1) is 0 Å². The lowest BCUT2D eigenvalue weighted by molar-refractivity contribution is -0.118. The third kappa shape index (κ3) is 8.49. The zero-order valence-electron chi connectivity index (χ0n) is 11.5. The van der Waals surface area contributed by atoms with E-state index in [1.165, 1.54) is 11.1 Å². The molecule has 0 aliphatic rings. The fourth-order valence-electron chi connectivity index (χ4n) is 1.39. The average Bonchev–Trinajstić information content (AvgIpc) is 2.32. The Morgan fingerprint density at radius 2 is 1.82 bits per heavy atom. The minimum atomic E-state index is 0.0162. The van der Waals surface area contributed by atoms with Crippen molar-refractivity contribution in [3.05, 3.63) is 35.5 Å². The molecule has 0 aromatic heterocycles. The second-order valence-corrected chi connectivity index (χ2v) is 4.03. The van der Waals surface area contributed by atoms with Crippen LogP contribution in [0.1, 0.15) is 47.0 Å². The van der Waals surface area contributed by atoms with Crippen LogP contribution >= 0.6 is 0 Å². The molecule has 0 aliphatic heterocycles. The van der Waals surface area contributed by atoms with Gasteiger partial charge in [0.05, 0.1) is 0 Å². The van der Waals surface area contributed by atoms with E-state index < -0.39 is 0 Å². The molecule has 0 atom stereocenters. The molecule has 0 fully saturated rings. The van der Waals surface area contributed by atoms with Crippen LogP contribution in [-0.4, -0.2) is 12.5 Å². The molecule has 17 heavy (non-hydrogen) atoms. The highest BCUT2D eigenvalue weighted by Gasteiger charge is 1.95. The number of unbranched alkanes of at least 4 members (excludes halogenated alkanes) is 1. The highest BCUT2D eigenvalue weighted by atomic mass is 16.1. The van der Waals surface area contributed by atoms with Crippen LogP contribution in [0.5, 0.6) is 0 Å². The molecular weight excluding hydrogens is 210 g/mol. The van der Waals surface area contributed by atoms with Crippen molar-refractivity contribution < 1.29 is 4.79 Å². The molecule has 0 unspecified atom stereocenters. The first-order valence-corrected chi connectivity index (χ1v) is 6.40. The Morgan fingerprint density at radius 3 is 2.29 bits per heavy atom. The molecule has 0 rings (SSSR count). The number of hydrogen-bond acceptors (Lipinski definition) is 1. The van der Waals surface area contributed by atoms with Gasteiger partial charge < -0.3 is 5.32 Å². The Hall–Kier alpha value is -1.31. The van der Waals surface area contributed by atoms with Gasteiger partial charge in [0.25, 0.3) is 0 Å². The molecule has 96 valence electrons. The van der Waals surface area contributed by atoms with Gasteiger partial charge in [-0.1, -0.05) is 50.1 Å². The number of carbonyl (C=O) groups excluding carboxylic acids is 1. The van der Waals surface area contributed by atoms with E-state index >= 15 is 0 Å². The fraction of sp³-hybridized carbons (Fsp3) is 0.533. The summed E-state index contributed by atoms with van der Waals surface area (Å²) in [5.74, 6) is 0.0162. The minimum Gasteiger partial charge on any atom is -0.352 e. The molecule has 0 saturated carbocycles. The molecule has 0 spiro atoms. The maximum Gasteiger partial charge on any atom is 0.217 e. The standard InChI is InChI=1S/C15H25NO/c1-5-8-9-15(12-16-13(4)17)11-10-14(6-2)7-3/h6,9-11H,5,7-8,12H2,1-4H3,(H,16,17). The van der Waals surface area contributed by atoms with Gasteiger partial charge in [-0.3, -0.25) is 4.79 Å². The van der Waals surface area contributed by atoms with E-state index in [1.54, 1.807) is 6.92 Å². The van der Waals surface area contributed by atoms with E-state index in [4.69, 9.17) is 0 Å². The summed E-state index contributed by atoms with van der Waals surface area (Å²) in [5, 5.41) is 2.84. The van der Waals surface area contributed by atoms with E-state index in [1.807, 2.05) is 6.92 Å². The Kier molecular flexibility index (Phi) is 9.12. The second-order valence-electron chi connectivity index (χ2n) is 4.03. The van der Waals surface area contributed by atoms with Crippen LogP contribution in [0.3, 0.4) is 0 Å². The number of carbonyl (C=O) groups is 1. The molecule has 0 radical (unpaired) electrons. The zero-order chi connectivity index (χ0) is 13.1. The number of amides is 1. The molecule has 1 amide bonds. The SMILES string of the molecule is CC=C(C=CC(=CCCC)CNC(C)=O)CC. The number of rotatable bonds is 7. The topological polar surface area (TPSA) is 29.1 Å². The van der Waals surface area contributed by atoms with Gasteiger partial charge in [0.1, 0.15) is 0 Å². The monoisotopic (exact) mass is 235 g/mol. The molecule has 2 heteroatoms. The minimum absolute atomic E-state index is 0.0162. The van der Waals surface area contributed by atoms with Gasteiger partial charge in [-0.05, 0) is 25.3 Å². The van der Waals surface area contributed by atoms with Crippen LogP contribution in [0.25, 0.3) is 0 Å². The van der Waals surface area contributed by atoms with Crippen LogP contribution in [0.4, 0.5) is 0 Å². The summed E-state index contributed by atoms with van der Waals surface area (Å²) in [6, 6.07) is 0. The van der Waals surface area contributed by atoms with Gasteiger partial charge in [0, 0.05) is 13.5 Å². The summed E-state index contributed by atoms with van der Waals surface area (Å²) in [6.07, 6.45) is 11.8. The predicted molar refractivity (Wildman–Crippen MR) is 74.9 cm³/mol. The van der Waals surface area contributed by atoms with Gasteiger partial charge in [-0.15, -0.1) is 0 Å². The lowest BCUT2D eigenvalue weighted by Crippen LogP contribution is -2.21. The smallest absolute Gasteiger partial charge is 0.217 e. The highest BCUT2D eigenvalue weighted by molar-refractivity contribution is 5.73. The van der Waals surface area contributed by atoms with Gasteiger partial charge >= 0.3 is 0 Å². The average molecular weight is 235 g/mol. The third-order valence-electron chi connectivity index (χ3n) is 2.53. The lowest BCUT2D eigenvalue weighted by atomic mass is 10.1. The molecule has 0 saturated heterocycles. The molecule has 2 nitrogen and oxygen atoms in total. The third-order valence-corrected chi connectivity index (χ3v) is 2.53. The Morgan fingerprint density at radius 1 is 1.18 bits per heavy atom. The molecule has 1 N–H and O–H groups in total. The Labute approximate surface area is 105 Å². The first-order valence-electron chi connectivity index (χ1n) is 6.40. The first-order chi connectivity index (χ1) is 8.13. The van der Waals surface area contributed by atoms with Crippen molar-refractivity contribution in [1.82, 2.24) is 5.32 Å². The molecule has 0 aromatic carbocycles. The normalized spacial score (nSPS) is 13.2. The van der Waals surface area contributed by atoms with Crippen LogP contribution < -0.4 is 5.32 Å². The van der Waals surface area contributed by atoms with Crippen molar-refractivity contribution in [2.75, 3.05) is 6.54 Å². The summed E-state index contributed by atoms with van der Waals surface area (Å²) < 4.78 is 0. The van der Waals surface area contributed by atoms with Crippen LogP contribution in [0.15, 0.2) is 35.5 Å². The van der Waals surface area contributed by atoms with Gasteiger partial charge in [-0.25, -0.2) is 0 Å². The van der Waals surface area contributed by atoms with Crippen molar-refractivity contribution in [3.8, 4) is 0 Å². The number of hydrogen-bond donors (Lipinski definition) is 1. The Bertz CT molecular complexity index is 311. The number of nitrogens with one attached hydrogen (secondary N) is 1. The number of allylic oxidation sites excluding steroid dienone is 4. The molecular formula is C15H25NO. The van der Waals surface area contributed by atoms with Crippen LogP contribution in [0.2, 0.25) is 0 Å². The Balaban J connectivity index is 4.53. The fourth-order valence-corrected chi connectivity index (χ4v) is 1.39. The van der Waals surface area contributed by atoms with Gasteiger partial charge in [0.15, 0.2) is 0 Å². The van der Waals surface area contributed by atoms with E-state index in [9.17, 15) is 4.79 Å². The highest BCUT2D eigenvalue weighted by Crippen LogP contribution is 2.06. The van der Waals surface area contributed by atoms with E-state index in [0.717, 1.165) is 19.3 Å². The summed E-state index contributed by atoms with van der Waals surface area (Å²) >= 11 is 0. The molecule has 0 aromatic rings. The lowest BCUT2D eigenvalue weighted by Gasteiger charge is -2.04. The van der Waals surface area contributed by atoms with Crippen molar-refractivity contribution in [1.29, 1.82) is 0 Å². The maximum atomic E-state index is 10.9. The van der Waals surface area contributed by atoms with Crippen molar-refractivity contribution in [2.45, 2.75) is 47.0 Å². The first kappa shape index (κ1) is 15.7. The zero-order valence-corrected chi connectivity index (χ0v) is 11.5. The van der Waals surface area contributed by atoms with E-state index in [0.29, 0.717) is 6.54 Å². The summed E-state index contributed by atoms with van der Waals surface area (Å²) in [6.45, 7) is 8.51.